The van der Waals surface area contributed by atoms with E-state index in [1.807, 2.05) is 30.7 Å². The highest BCUT2D eigenvalue weighted by molar-refractivity contribution is 6.22. The highest BCUT2D eigenvalue weighted by Crippen LogP contribution is 2.31. The van der Waals surface area contributed by atoms with E-state index in [1.165, 1.54) is 49.4 Å². The average Bonchev–Trinajstić information content (AvgIpc) is 3.75. The molecule has 1 aliphatic heterocycles. The predicted molar refractivity (Wildman–Crippen MR) is 212 cm³/mol. The Bertz CT molecular complexity index is 2530. The van der Waals surface area contributed by atoms with Crippen LogP contribution in [-0.2, 0) is 14.3 Å². The number of hydrogen-bond acceptors (Lipinski definition) is 12. The van der Waals surface area contributed by atoms with Gasteiger partial charge < -0.3 is 29.3 Å². The largest absolute Gasteiger partial charge is 0.475 e. The Morgan fingerprint density at radius 3 is 2.49 bits per heavy atom. The molecule has 0 radical (unpaired) electrons. The molecule has 1 atom stereocenters. The van der Waals surface area contributed by atoms with Gasteiger partial charge in [0.1, 0.15) is 37.3 Å². The van der Waals surface area contributed by atoms with Crippen molar-refractivity contribution in [2.75, 3.05) is 26.9 Å². The van der Waals surface area contributed by atoms with E-state index >= 15 is 0 Å². The fraction of sp³-hybridized carbons (Fsp3) is 0.256. The maximum Gasteiger partial charge on any atom is 0.263 e. The van der Waals surface area contributed by atoms with E-state index in [9.17, 15) is 23.7 Å². The molecule has 59 heavy (non-hydrogen) atoms. The van der Waals surface area contributed by atoms with Crippen molar-refractivity contribution in [1.29, 1.82) is 0 Å². The fourth-order valence-electron chi connectivity index (χ4n) is 6.43. The zero-order valence-electron chi connectivity index (χ0n) is 31.9. The molecule has 3 amide bonds. The van der Waals surface area contributed by atoms with Gasteiger partial charge in [0, 0.05) is 82.3 Å². The van der Waals surface area contributed by atoms with Gasteiger partial charge in [-0.3, -0.25) is 29.2 Å². The smallest absolute Gasteiger partial charge is 0.263 e. The zero-order chi connectivity index (χ0) is 41.1. The molecule has 6 aromatic rings. The van der Waals surface area contributed by atoms with Crippen LogP contribution in [0, 0.1) is 11.8 Å². The van der Waals surface area contributed by atoms with E-state index in [-0.39, 0.29) is 55.4 Å². The molecular formula is C43H38FN7O8. The maximum absolute atomic E-state index is 12.9. The van der Waals surface area contributed by atoms with Crippen LogP contribution < -0.4 is 19.7 Å². The molecule has 1 aromatic carbocycles. The minimum atomic E-state index is -1.11. The third-order valence-corrected chi connectivity index (χ3v) is 9.70. The van der Waals surface area contributed by atoms with Crippen molar-refractivity contribution < 1.29 is 42.9 Å². The first-order valence-electron chi connectivity index (χ1n) is 18.8. The quantitative estimate of drug-likeness (QED) is 0.0603. The summed E-state index contributed by atoms with van der Waals surface area (Å²) < 4.78 is 28.6. The average molecular weight is 800 g/mol. The van der Waals surface area contributed by atoms with E-state index in [0.29, 0.717) is 18.1 Å². The number of halogens is 1. The molecule has 8 rings (SSSR count). The molecule has 5 aromatic heterocycles. The zero-order valence-corrected chi connectivity index (χ0v) is 31.9. The summed E-state index contributed by atoms with van der Waals surface area (Å²) in [5.41, 5.74) is 4.99. The van der Waals surface area contributed by atoms with Crippen molar-refractivity contribution >= 4 is 45.8 Å². The molecular weight excluding hydrogens is 762 g/mol. The standard InChI is InChI=1S/C23H21FN4O7.C20H17N3O/c1-25-21(30)19(5-2-8-29)28-22(31)17-12-20(27-14-18(17)23(28)32)34-11-10-33-9-3-4-15-6-7-16(35-24)13-26-15;1-2-15(3-1)24-20-7-5-14(11-22-20)13-4-6-16-17-12-21-9-8-18(17)23-19(16)10-13/h6-8,12-14,19H,2,5,9-11H2,1H3,(H,25,30);4-12,15,23H,1-3H2. The summed E-state index contributed by atoms with van der Waals surface area (Å²) in [6.45, 7) is 0.354. The van der Waals surface area contributed by atoms with Crippen molar-refractivity contribution in [3.63, 3.8) is 0 Å². The number of nitrogens with one attached hydrogen (secondary N) is 2. The second-order valence-electron chi connectivity index (χ2n) is 13.4. The molecule has 0 bridgehead atoms. The number of imide groups is 1. The lowest BCUT2D eigenvalue weighted by molar-refractivity contribution is -0.124. The van der Waals surface area contributed by atoms with Crippen LogP contribution in [0.4, 0.5) is 4.53 Å². The van der Waals surface area contributed by atoms with Gasteiger partial charge in [-0.1, -0.05) is 18.1 Å². The molecule has 15 nitrogen and oxygen atoms in total. The van der Waals surface area contributed by atoms with Gasteiger partial charge in [-0.05, 0) is 67.5 Å². The Kier molecular flexibility index (Phi) is 12.7. The number of aromatic amines is 1. The van der Waals surface area contributed by atoms with Crippen molar-refractivity contribution in [2.24, 2.45) is 0 Å². The Labute approximate surface area is 337 Å². The van der Waals surface area contributed by atoms with Crippen LogP contribution in [-0.4, -0.2) is 92.8 Å². The molecule has 6 heterocycles. The van der Waals surface area contributed by atoms with Crippen molar-refractivity contribution in [2.45, 2.75) is 44.2 Å². The number of rotatable bonds is 14. The van der Waals surface area contributed by atoms with E-state index in [4.69, 9.17) is 14.2 Å². The van der Waals surface area contributed by atoms with Gasteiger partial charge in [-0.25, -0.2) is 15.0 Å². The van der Waals surface area contributed by atoms with Crippen molar-refractivity contribution in [1.82, 2.24) is 35.1 Å². The SMILES string of the molecule is CNC(=O)C(CCC=O)N1C(=O)c2cnc(OCCOCC#Cc3ccc(OF)cn3)cc2C1=O.c1cc2[nH]c3cc(-c4ccc(OC5CCC5)nc4)ccc3c2cn1. The Hall–Kier alpha value is -7.25. The summed E-state index contributed by atoms with van der Waals surface area (Å²) in [7, 11) is 1.38. The Morgan fingerprint density at radius 2 is 1.76 bits per heavy atom. The molecule has 16 heteroatoms. The van der Waals surface area contributed by atoms with Crippen LogP contribution >= 0.6 is 0 Å². The van der Waals surface area contributed by atoms with Crippen LogP contribution in [0.25, 0.3) is 32.9 Å². The van der Waals surface area contributed by atoms with Gasteiger partial charge in [0.2, 0.25) is 17.7 Å². The normalized spacial score (nSPS) is 13.7. The number of benzene rings is 1. The summed E-state index contributed by atoms with van der Waals surface area (Å²) in [6.07, 6.45) is 12.6. The highest BCUT2D eigenvalue weighted by Gasteiger charge is 2.43. The topological polar surface area (TPSA) is 188 Å². The number of ether oxygens (including phenoxy) is 3. The number of fused-ring (bicyclic) bond motifs is 4. The highest BCUT2D eigenvalue weighted by atomic mass is 19.3. The second-order valence-corrected chi connectivity index (χ2v) is 13.4. The van der Waals surface area contributed by atoms with Crippen LogP contribution in [0.2, 0.25) is 0 Å². The van der Waals surface area contributed by atoms with E-state index in [0.717, 1.165) is 51.2 Å². The number of nitrogens with zero attached hydrogens (tertiary/aromatic N) is 5. The number of carbonyl (C=O) groups is 4. The number of hydrogen-bond donors (Lipinski definition) is 2. The molecule has 0 spiro atoms. The first-order chi connectivity index (χ1) is 28.9. The monoisotopic (exact) mass is 799 g/mol. The van der Waals surface area contributed by atoms with Gasteiger partial charge >= 0.3 is 0 Å². The summed E-state index contributed by atoms with van der Waals surface area (Å²) >= 11 is 0. The number of pyridine rings is 4. The maximum atomic E-state index is 12.9. The van der Waals surface area contributed by atoms with Crippen molar-refractivity contribution in [3.05, 3.63) is 102 Å². The lowest BCUT2D eigenvalue weighted by Gasteiger charge is -2.25. The van der Waals surface area contributed by atoms with Gasteiger partial charge in [0.05, 0.1) is 23.9 Å². The van der Waals surface area contributed by atoms with E-state index < -0.39 is 23.8 Å². The second kappa shape index (κ2) is 18.8. The van der Waals surface area contributed by atoms with E-state index in [2.05, 4.69) is 71.3 Å². The van der Waals surface area contributed by atoms with E-state index in [1.54, 1.807) is 0 Å². The van der Waals surface area contributed by atoms with Crippen LogP contribution in [0.1, 0.15) is 58.5 Å². The first-order valence-corrected chi connectivity index (χ1v) is 18.8. The number of H-pyrrole nitrogens is 1. The van der Waals surface area contributed by atoms with Crippen molar-refractivity contribution in [3.8, 4) is 40.5 Å². The summed E-state index contributed by atoms with van der Waals surface area (Å²) in [6, 6.07) is 15.6. The predicted octanol–water partition coefficient (Wildman–Crippen LogP) is 5.59. The summed E-state index contributed by atoms with van der Waals surface area (Å²) in [5.74, 6) is 4.42. The molecule has 1 fully saturated rings. The van der Waals surface area contributed by atoms with Gasteiger partial charge in [0.15, 0.2) is 5.75 Å². The van der Waals surface area contributed by atoms with Gasteiger partial charge in [0.25, 0.3) is 11.8 Å². The summed E-state index contributed by atoms with van der Waals surface area (Å²) in [5, 5.41) is 4.75. The number of amides is 3. The minimum Gasteiger partial charge on any atom is -0.475 e. The fourth-order valence-corrected chi connectivity index (χ4v) is 6.43. The molecule has 2 aliphatic rings. The number of aldehydes is 1. The Morgan fingerprint density at radius 1 is 0.932 bits per heavy atom. The van der Waals surface area contributed by atoms with Gasteiger partial charge in [-0.2, -0.15) is 0 Å². The third kappa shape index (κ3) is 9.32. The first kappa shape index (κ1) is 40.0. The molecule has 1 aliphatic carbocycles. The number of aromatic nitrogens is 5. The number of likely N-dealkylation sites (N-methyl/N-ethyl adjacent to an activating group) is 1. The molecule has 0 saturated heterocycles. The van der Waals surface area contributed by atoms with Gasteiger partial charge in [-0.15, -0.1) is 0 Å². The van der Waals surface area contributed by atoms with Crippen LogP contribution in [0.3, 0.4) is 0 Å². The van der Waals surface area contributed by atoms with Crippen LogP contribution in [0.5, 0.6) is 17.5 Å². The minimum absolute atomic E-state index is 0.0130. The lowest BCUT2D eigenvalue weighted by Crippen LogP contribution is -2.48. The molecule has 1 unspecified atom stereocenters. The molecule has 2 N–H and O–H groups in total. The third-order valence-electron chi connectivity index (χ3n) is 9.70. The van der Waals surface area contributed by atoms with Crippen LogP contribution in [0.15, 0.2) is 85.6 Å². The number of carbonyl (C=O) groups excluding carboxylic acids is 4. The lowest BCUT2D eigenvalue weighted by atomic mass is 9.96. The summed E-state index contributed by atoms with van der Waals surface area (Å²) in [4.78, 5) is 73.0. The molecule has 1 saturated carbocycles. The molecule has 300 valence electrons. The Balaban J connectivity index is 0.000000190.